The van der Waals surface area contributed by atoms with Gasteiger partial charge < -0.3 is 14.5 Å². The number of hydrogen-bond donors (Lipinski definition) is 1. The molecule has 0 bridgehead atoms. The Hall–Kier alpha value is -1.18. The van der Waals surface area contributed by atoms with Crippen LogP contribution in [0.2, 0.25) is 0 Å². The Morgan fingerprint density at radius 1 is 1.33 bits per heavy atom. The maximum atomic E-state index is 12.0. The molecule has 2 aromatic rings. The van der Waals surface area contributed by atoms with E-state index in [0.29, 0.717) is 35.0 Å². The molecule has 0 unspecified atom stereocenters. The summed E-state index contributed by atoms with van der Waals surface area (Å²) in [7, 11) is 1.59. The number of benzene rings is 1. The normalized spacial score (nSPS) is 10.8. The highest BCUT2D eigenvalue weighted by atomic mass is 79.9. The fraction of sp³-hybridized carbons (Fsp3) is 0.286. The predicted octanol–water partition coefficient (Wildman–Crippen LogP) is 3.08. The van der Waals surface area contributed by atoms with E-state index in [1.807, 2.05) is 0 Å². The second-order valence-corrected chi connectivity index (χ2v) is 6.13. The van der Waals surface area contributed by atoms with Crippen molar-refractivity contribution in [2.45, 2.75) is 6.42 Å². The molecule has 112 valence electrons. The highest BCUT2D eigenvalue weighted by Crippen LogP contribution is 2.27. The number of hydrogen-bond acceptors (Lipinski definition) is 4. The first-order valence-corrected chi connectivity index (χ1v) is 7.81. The van der Waals surface area contributed by atoms with Gasteiger partial charge >= 0.3 is 5.63 Å². The molecule has 1 aromatic heterocycles. The van der Waals surface area contributed by atoms with Crippen molar-refractivity contribution in [1.82, 2.24) is 5.32 Å². The number of ether oxygens (including phenoxy) is 1. The van der Waals surface area contributed by atoms with E-state index in [2.05, 4.69) is 37.2 Å². The van der Waals surface area contributed by atoms with Crippen LogP contribution in [0.3, 0.4) is 0 Å². The van der Waals surface area contributed by atoms with Gasteiger partial charge in [0, 0.05) is 30.1 Å². The summed E-state index contributed by atoms with van der Waals surface area (Å²) in [6.45, 7) is 0.985. The summed E-state index contributed by atoms with van der Waals surface area (Å²) in [5.74, 6) is -0.446. The van der Waals surface area contributed by atoms with Gasteiger partial charge in [-0.15, -0.1) is 0 Å². The average molecular weight is 419 g/mol. The van der Waals surface area contributed by atoms with E-state index < -0.39 is 11.5 Å². The fourth-order valence-electron chi connectivity index (χ4n) is 1.83. The lowest BCUT2D eigenvalue weighted by atomic mass is 10.2. The number of fused-ring (bicyclic) bond motifs is 1. The molecule has 0 aliphatic carbocycles. The molecule has 0 radical (unpaired) electrons. The molecule has 5 nitrogen and oxygen atoms in total. The van der Waals surface area contributed by atoms with Crippen molar-refractivity contribution in [1.29, 1.82) is 0 Å². The largest absolute Gasteiger partial charge is 0.421 e. The summed E-state index contributed by atoms with van der Waals surface area (Å²) in [6.07, 6.45) is 0.679. The van der Waals surface area contributed by atoms with E-state index in [-0.39, 0.29) is 5.56 Å². The van der Waals surface area contributed by atoms with Crippen molar-refractivity contribution in [3.63, 3.8) is 0 Å². The molecular weight excluding hydrogens is 406 g/mol. The van der Waals surface area contributed by atoms with Gasteiger partial charge in [-0.3, -0.25) is 4.79 Å². The van der Waals surface area contributed by atoms with Crippen LogP contribution in [0, 0.1) is 0 Å². The van der Waals surface area contributed by atoms with Gasteiger partial charge in [-0.25, -0.2) is 4.79 Å². The van der Waals surface area contributed by atoms with Crippen molar-refractivity contribution in [3.05, 3.63) is 43.1 Å². The second-order valence-electron chi connectivity index (χ2n) is 4.36. The molecular formula is C14H13Br2NO4. The Morgan fingerprint density at radius 2 is 2.10 bits per heavy atom. The monoisotopic (exact) mass is 417 g/mol. The van der Waals surface area contributed by atoms with Crippen molar-refractivity contribution >= 4 is 48.7 Å². The minimum Gasteiger partial charge on any atom is -0.421 e. The van der Waals surface area contributed by atoms with Crippen molar-refractivity contribution in [2.75, 3.05) is 20.3 Å². The maximum absolute atomic E-state index is 12.0. The molecule has 0 saturated carbocycles. The van der Waals surface area contributed by atoms with Crippen LogP contribution >= 0.6 is 31.9 Å². The lowest BCUT2D eigenvalue weighted by molar-refractivity contribution is 0.0945. The first-order valence-electron chi connectivity index (χ1n) is 6.23. The third-order valence-electron chi connectivity index (χ3n) is 2.81. The Balaban J connectivity index is 2.30. The topological polar surface area (TPSA) is 68.5 Å². The van der Waals surface area contributed by atoms with E-state index in [4.69, 9.17) is 9.15 Å². The average Bonchev–Trinajstić information content (AvgIpc) is 2.43. The summed E-state index contributed by atoms with van der Waals surface area (Å²) in [6, 6.07) is 5.09. The Morgan fingerprint density at radius 3 is 2.81 bits per heavy atom. The molecule has 7 heteroatoms. The number of carbonyl (C=O) groups is 1. The van der Waals surface area contributed by atoms with Crippen LogP contribution in [-0.4, -0.2) is 26.2 Å². The molecule has 1 heterocycles. The molecule has 2 rings (SSSR count). The van der Waals surface area contributed by atoms with Gasteiger partial charge in [0.15, 0.2) is 5.58 Å². The molecule has 1 N–H and O–H groups in total. The Labute approximate surface area is 137 Å². The Bertz CT molecular complexity index is 727. The van der Waals surface area contributed by atoms with Crippen LogP contribution in [0.25, 0.3) is 11.0 Å². The van der Waals surface area contributed by atoms with Crippen LogP contribution < -0.4 is 10.9 Å². The summed E-state index contributed by atoms with van der Waals surface area (Å²) in [5.41, 5.74) is -0.251. The molecule has 1 amide bonds. The smallest absolute Gasteiger partial charge is 0.349 e. The summed E-state index contributed by atoms with van der Waals surface area (Å²) in [4.78, 5) is 23.9. The highest BCUT2D eigenvalue weighted by molar-refractivity contribution is 9.11. The van der Waals surface area contributed by atoms with Crippen molar-refractivity contribution in [3.8, 4) is 0 Å². The number of rotatable bonds is 5. The van der Waals surface area contributed by atoms with Crippen molar-refractivity contribution in [2.24, 2.45) is 0 Å². The molecule has 0 atom stereocenters. The molecule has 1 aromatic carbocycles. The molecule has 0 spiro atoms. The van der Waals surface area contributed by atoms with E-state index in [1.165, 1.54) is 6.07 Å². The lowest BCUT2D eigenvalue weighted by Crippen LogP contribution is -2.29. The standard InChI is InChI=1S/C14H13Br2NO4/c1-20-4-2-3-17-13(18)10-6-8-5-9(15)7-11(16)12(8)21-14(10)19/h5-7H,2-4H2,1H3,(H,17,18). The zero-order chi connectivity index (χ0) is 15.4. The van der Waals surface area contributed by atoms with E-state index in [9.17, 15) is 9.59 Å². The highest BCUT2D eigenvalue weighted by Gasteiger charge is 2.14. The third-order valence-corrected chi connectivity index (χ3v) is 3.85. The minimum atomic E-state index is -0.658. The van der Waals surface area contributed by atoms with Crippen LogP contribution in [0.1, 0.15) is 16.8 Å². The zero-order valence-corrected chi connectivity index (χ0v) is 14.4. The summed E-state index contributed by atoms with van der Waals surface area (Å²) >= 11 is 6.68. The number of methoxy groups -OCH3 is 1. The molecule has 21 heavy (non-hydrogen) atoms. The number of carbonyl (C=O) groups excluding carboxylic acids is 1. The molecule has 0 fully saturated rings. The molecule has 0 aliphatic heterocycles. The van der Waals surface area contributed by atoms with Crippen LogP contribution in [-0.2, 0) is 4.74 Å². The fourth-order valence-corrected chi connectivity index (χ4v) is 3.17. The van der Waals surface area contributed by atoms with Gasteiger partial charge in [0.25, 0.3) is 5.91 Å². The van der Waals surface area contributed by atoms with E-state index in [0.717, 1.165) is 4.47 Å². The van der Waals surface area contributed by atoms with Crippen LogP contribution in [0.5, 0.6) is 0 Å². The maximum Gasteiger partial charge on any atom is 0.349 e. The predicted molar refractivity (Wildman–Crippen MR) is 86.7 cm³/mol. The number of amides is 1. The lowest BCUT2D eigenvalue weighted by Gasteiger charge is -2.06. The number of nitrogens with one attached hydrogen (secondary N) is 1. The van der Waals surface area contributed by atoms with E-state index >= 15 is 0 Å². The first-order chi connectivity index (χ1) is 10.0. The van der Waals surface area contributed by atoms with Gasteiger partial charge in [0.1, 0.15) is 5.56 Å². The molecule has 0 saturated heterocycles. The zero-order valence-electron chi connectivity index (χ0n) is 11.2. The van der Waals surface area contributed by atoms with Crippen LogP contribution in [0.15, 0.2) is 36.4 Å². The summed E-state index contributed by atoms with van der Waals surface area (Å²) < 4.78 is 11.6. The van der Waals surface area contributed by atoms with Crippen LogP contribution in [0.4, 0.5) is 0 Å². The Kier molecular flexibility index (Phi) is 5.55. The van der Waals surface area contributed by atoms with E-state index in [1.54, 1.807) is 19.2 Å². The van der Waals surface area contributed by atoms with Gasteiger partial charge in [-0.1, -0.05) is 15.9 Å². The number of halogens is 2. The first kappa shape index (κ1) is 16.2. The SMILES string of the molecule is COCCCNC(=O)c1cc2cc(Br)cc(Br)c2oc1=O. The van der Waals surface area contributed by atoms with Gasteiger partial charge in [-0.2, -0.15) is 0 Å². The minimum absolute atomic E-state index is 0.00934. The molecule has 0 aliphatic rings. The summed E-state index contributed by atoms with van der Waals surface area (Å²) in [5, 5.41) is 3.33. The second kappa shape index (κ2) is 7.20. The van der Waals surface area contributed by atoms with Gasteiger partial charge in [0.2, 0.25) is 0 Å². The van der Waals surface area contributed by atoms with Crippen molar-refractivity contribution < 1.29 is 13.9 Å². The van der Waals surface area contributed by atoms with Gasteiger partial charge in [-0.05, 0) is 40.5 Å². The third kappa shape index (κ3) is 3.93. The quantitative estimate of drug-likeness (QED) is 0.598. The van der Waals surface area contributed by atoms with Gasteiger partial charge in [0.05, 0.1) is 4.47 Å².